The van der Waals surface area contributed by atoms with Gasteiger partial charge >= 0.3 is 5.97 Å². The zero-order valence-corrected chi connectivity index (χ0v) is 10.6. The molecule has 0 spiro atoms. The van der Waals surface area contributed by atoms with Gasteiger partial charge in [0.2, 0.25) is 0 Å². The van der Waals surface area contributed by atoms with Crippen LogP contribution >= 0.6 is 0 Å². The van der Waals surface area contributed by atoms with E-state index in [9.17, 15) is 9.90 Å². The smallest absolute Gasteiger partial charge is 0.339 e. The van der Waals surface area contributed by atoms with Crippen molar-refractivity contribution in [2.24, 2.45) is 5.92 Å². The number of benzene rings is 1. The van der Waals surface area contributed by atoms with E-state index < -0.39 is 5.97 Å². The highest BCUT2D eigenvalue weighted by atomic mass is 16.4. The Hall–Kier alpha value is -1.51. The average Bonchev–Trinajstić information content (AvgIpc) is 2.37. The SMILES string of the molecule is O=C(O)c1c(O)cccc1CCC1CCCCC1. The molecule has 0 unspecified atom stereocenters. The first-order chi connectivity index (χ1) is 8.68. The number of rotatable bonds is 4. The highest BCUT2D eigenvalue weighted by Crippen LogP contribution is 2.29. The first-order valence-electron chi connectivity index (χ1n) is 6.72. The Bertz CT molecular complexity index is 420. The van der Waals surface area contributed by atoms with Gasteiger partial charge in [0.25, 0.3) is 0 Å². The Morgan fingerprint density at radius 3 is 2.61 bits per heavy atom. The summed E-state index contributed by atoms with van der Waals surface area (Å²) in [7, 11) is 0. The summed E-state index contributed by atoms with van der Waals surface area (Å²) in [5.41, 5.74) is 0.835. The number of carboxylic acid groups (broad SMARTS) is 1. The summed E-state index contributed by atoms with van der Waals surface area (Å²) < 4.78 is 0. The Balaban J connectivity index is 2.04. The minimum Gasteiger partial charge on any atom is -0.507 e. The van der Waals surface area contributed by atoms with Gasteiger partial charge in [0.05, 0.1) is 0 Å². The van der Waals surface area contributed by atoms with Crippen LogP contribution in [0, 0.1) is 5.92 Å². The molecule has 0 bridgehead atoms. The second-order valence-corrected chi connectivity index (χ2v) is 5.16. The van der Waals surface area contributed by atoms with Crippen LogP contribution in [0.4, 0.5) is 0 Å². The summed E-state index contributed by atoms with van der Waals surface area (Å²) >= 11 is 0. The monoisotopic (exact) mass is 248 g/mol. The third-order valence-electron chi connectivity index (χ3n) is 3.89. The molecule has 0 amide bonds. The Kier molecular flexibility index (Phi) is 4.24. The van der Waals surface area contributed by atoms with Crippen molar-refractivity contribution in [3.05, 3.63) is 29.3 Å². The summed E-state index contributed by atoms with van der Waals surface area (Å²) in [5.74, 6) is -0.432. The highest BCUT2D eigenvalue weighted by molar-refractivity contribution is 5.92. The molecular formula is C15H20O3. The molecule has 0 aliphatic heterocycles. The van der Waals surface area contributed by atoms with E-state index in [1.54, 1.807) is 6.07 Å². The molecule has 0 radical (unpaired) electrons. The lowest BCUT2D eigenvalue weighted by Crippen LogP contribution is -2.09. The summed E-state index contributed by atoms with van der Waals surface area (Å²) in [4.78, 5) is 11.1. The van der Waals surface area contributed by atoms with Crippen molar-refractivity contribution in [2.75, 3.05) is 0 Å². The van der Waals surface area contributed by atoms with E-state index in [1.165, 1.54) is 38.2 Å². The summed E-state index contributed by atoms with van der Waals surface area (Å²) in [6, 6.07) is 4.97. The quantitative estimate of drug-likeness (QED) is 0.855. The number of aromatic hydroxyl groups is 1. The number of phenols is 1. The second-order valence-electron chi connectivity index (χ2n) is 5.16. The molecule has 0 atom stereocenters. The van der Waals surface area contributed by atoms with Crippen molar-refractivity contribution in [1.29, 1.82) is 0 Å². The van der Waals surface area contributed by atoms with E-state index >= 15 is 0 Å². The third kappa shape index (κ3) is 3.03. The van der Waals surface area contributed by atoms with E-state index in [-0.39, 0.29) is 11.3 Å². The predicted molar refractivity (Wildman–Crippen MR) is 70.0 cm³/mol. The molecule has 0 heterocycles. The standard InChI is InChI=1S/C15H20O3/c16-13-8-4-7-12(14(13)15(17)18)10-9-11-5-2-1-3-6-11/h4,7-8,11,16H,1-3,5-6,9-10H2,(H,17,18). The van der Waals surface area contributed by atoms with E-state index in [0.717, 1.165) is 24.3 Å². The first-order valence-corrected chi connectivity index (χ1v) is 6.72. The third-order valence-corrected chi connectivity index (χ3v) is 3.89. The molecule has 1 aliphatic rings. The van der Waals surface area contributed by atoms with E-state index in [0.29, 0.717) is 0 Å². The van der Waals surface area contributed by atoms with E-state index in [4.69, 9.17) is 5.11 Å². The van der Waals surface area contributed by atoms with Crippen LogP contribution in [-0.2, 0) is 6.42 Å². The maximum absolute atomic E-state index is 11.1. The van der Waals surface area contributed by atoms with Crippen molar-refractivity contribution in [3.63, 3.8) is 0 Å². The van der Waals surface area contributed by atoms with Crippen LogP contribution in [0.2, 0.25) is 0 Å². The van der Waals surface area contributed by atoms with Gasteiger partial charge in [-0.15, -0.1) is 0 Å². The maximum atomic E-state index is 11.1. The van der Waals surface area contributed by atoms with Crippen molar-refractivity contribution in [1.82, 2.24) is 0 Å². The molecule has 1 aliphatic carbocycles. The van der Waals surface area contributed by atoms with Crippen LogP contribution in [0.3, 0.4) is 0 Å². The van der Waals surface area contributed by atoms with Gasteiger partial charge in [0.15, 0.2) is 0 Å². The summed E-state index contributed by atoms with van der Waals surface area (Å²) in [6.45, 7) is 0. The summed E-state index contributed by atoms with van der Waals surface area (Å²) in [5, 5.41) is 18.7. The van der Waals surface area contributed by atoms with Crippen molar-refractivity contribution in [3.8, 4) is 5.75 Å². The molecule has 3 heteroatoms. The van der Waals surface area contributed by atoms with Crippen LogP contribution in [0.25, 0.3) is 0 Å². The molecule has 1 saturated carbocycles. The number of aromatic carboxylic acids is 1. The molecule has 18 heavy (non-hydrogen) atoms. The molecule has 98 valence electrons. The topological polar surface area (TPSA) is 57.5 Å². The van der Waals surface area contributed by atoms with Gasteiger partial charge < -0.3 is 10.2 Å². The largest absolute Gasteiger partial charge is 0.507 e. The molecular weight excluding hydrogens is 228 g/mol. The zero-order valence-electron chi connectivity index (χ0n) is 10.6. The van der Waals surface area contributed by atoms with Gasteiger partial charge in [-0.1, -0.05) is 44.2 Å². The van der Waals surface area contributed by atoms with Crippen LogP contribution in [0.5, 0.6) is 5.75 Å². The van der Waals surface area contributed by atoms with Crippen LogP contribution in [-0.4, -0.2) is 16.2 Å². The molecule has 1 aromatic carbocycles. The minimum atomic E-state index is -1.04. The minimum absolute atomic E-state index is 0.0771. The van der Waals surface area contributed by atoms with Crippen molar-refractivity contribution in [2.45, 2.75) is 44.9 Å². The fraction of sp³-hybridized carbons (Fsp3) is 0.533. The predicted octanol–water partition coefficient (Wildman–Crippen LogP) is 3.60. The number of hydrogen-bond acceptors (Lipinski definition) is 2. The van der Waals surface area contributed by atoms with Gasteiger partial charge in [-0.25, -0.2) is 4.79 Å². The molecule has 2 N–H and O–H groups in total. The van der Waals surface area contributed by atoms with Crippen LogP contribution in [0.1, 0.15) is 54.4 Å². The number of carbonyl (C=O) groups is 1. The van der Waals surface area contributed by atoms with Gasteiger partial charge in [-0.2, -0.15) is 0 Å². The van der Waals surface area contributed by atoms with Crippen molar-refractivity contribution < 1.29 is 15.0 Å². The second kappa shape index (κ2) is 5.89. The molecule has 0 aromatic heterocycles. The average molecular weight is 248 g/mol. The van der Waals surface area contributed by atoms with Crippen LogP contribution in [0.15, 0.2) is 18.2 Å². The van der Waals surface area contributed by atoms with E-state index in [2.05, 4.69) is 0 Å². The molecule has 2 rings (SSSR count). The fourth-order valence-corrected chi connectivity index (χ4v) is 2.88. The lowest BCUT2D eigenvalue weighted by atomic mass is 9.84. The van der Waals surface area contributed by atoms with Gasteiger partial charge in [-0.3, -0.25) is 0 Å². The highest BCUT2D eigenvalue weighted by Gasteiger charge is 2.17. The number of hydrogen-bond donors (Lipinski definition) is 2. The number of aryl methyl sites for hydroxylation is 1. The Morgan fingerprint density at radius 2 is 1.94 bits per heavy atom. The molecule has 1 aromatic rings. The molecule has 0 saturated heterocycles. The lowest BCUT2D eigenvalue weighted by Gasteiger charge is -2.21. The number of carboxylic acids is 1. The van der Waals surface area contributed by atoms with Gasteiger partial charge in [0, 0.05) is 0 Å². The first kappa shape index (κ1) is 12.9. The molecule has 1 fully saturated rings. The zero-order chi connectivity index (χ0) is 13.0. The Morgan fingerprint density at radius 1 is 1.22 bits per heavy atom. The normalized spacial score (nSPS) is 16.7. The molecule has 3 nitrogen and oxygen atoms in total. The van der Waals surface area contributed by atoms with Gasteiger partial charge in [0.1, 0.15) is 11.3 Å². The van der Waals surface area contributed by atoms with Crippen molar-refractivity contribution >= 4 is 5.97 Å². The Labute approximate surface area is 107 Å². The van der Waals surface area contributed by atoms with Crippen LogP contribution < -0.4 is 0 Å². The summed E-state index contributed by atoms with van der Waals surface area (Å²) in [6.07, 6.45) is 8.25. The fourth-order valence-electron chi connectivity index (χ4n) is 2.88. The van der Waals surface area contributed by atoms with E-state index in [1.807, 2.05) is 6.07 Å². The maximum Gasteiger partial charge on any atom is 0.339 e. The lowest BCUT2D eigenvalue weighted by molar-refractivity contribution is 0.0692. The van der Waals surface area contributed by atoms with Gasteiger partial charge in [-0.05, 0) is 30.4 Å².